The molecule has 7 heteroatoms. The summed E-state index contributed by atoms with van der Waals surface area (Å²) in [6, 6.07) is 0. The third-order valence-corrected chi connectivity index (χ3v) is 3.25. The molecule has 19 heavy (non-hydrogen) atoms. The smallest absolute Gasteiger partial charge is 0.231 e. The summed E-state index contributed by atoms with van der Waals surface area (Å²) >= 11 is 0. The number of anilines is 1. The topological polar surface area (TPSA) is 91.0 Å². The Bertz CT molecular complexity index is 443. The van der Waals surface area contributed by atoms with Crippen molar-refractivity contribution in [3.8, 4) is 0 Å². The summed E-state index contributed by atoms with van der Waals surface area (Å²) in [5, 5.41) is 8.93. The molecule has 2 heterocycles. The second-order valence-corrected chi connectivity index (χ2v) is 5.10. The molecule has 0 aliphatic carbocycles. The van der Waals surface area contributed by atoms with E-state index in [1.807, 2.05) is 13.8 Å². The average molecular weight is 265 g/mol. The van der Waals surface area contributed by atoms with Gasteiger partial charge in [0.25, 0.3) is 0 Å². The number of nitrogens with one attached hydrogen (secondary N) is 2. The monoisotopic (exact) mass is 265 g/mol. The lowest BCUT2D eigenvalue weighted by molar-refractivity contribution is -0.137. The molecule has 1 unspecified atom stereocenters. The van der Waals surface area contributed by atoms with E-state index in [9.17, 15) is 9.59 Å². The molecular weight excluding hydrogens is 246 g/mol. The lowest BCUT2D eigenvalue weighted by atomic mass is 9.96. The molecule has 0 spiro atoms. The quantitative estimate of drug-likeness (QED) is 0.839. The first-order valence-corrected chi connectivity index (χ1v) is 6.53. The molecule has 2 N–H and O–H groups in total. The number of likely N-dealkylation sites (tertiary alicyclic amines) is 1. The maximum absolute atomic E-state index is 12.1. The normalized spacial score (nSPS) is 19.5. The minimum Gasteiger partial charge on any atom is -0.342 e. The van der Waals surface area contributed by atoms with Gasteiger partial charge in [-0.15, -0.1) is 0 Å². The van der Waals surface area contributed by atoms with Crippen molar-refractivity contribution in [1.82, 2.24) is 20.1 Å². The Morgan fingerprint density at radius 2 is 2.32 bits per heavy atom. The first-order valence-electron chi connectivity index (χ1n) is 6.53. The van der Waals surface area contributed by atoms with E-state index in [1.165, 1.54) is 6.33 Å². The Labute approximate surface area is 111 Å². The molecule has 0 aromatic carbocycles. The molecule has 2 rings (SSSR count). The zero-order valence-electron chi connectivity index (χ0n) is 11.2. The van der Waals surface area contributed by atoms with Crippen molar-refractivity contribution in [2.24, 2.45) is 11.8 Å². The Hall–Kier alpha value is -1.92. The van der Waals surface area contributed by atoms with E-state index < -0.39 is 0 Å². The second-order valence-electron chi connectivity index (χ2n) is 5.10. The number of nitrogens with zero attached hydrogens (tertiary/aromatic N) is 3. The van der Waals surface area contributed by atoms with Crippen LogP contribution in [0.5, 0.6) is 0 Å². The number of amides is 2. The minimum absolute atomic E-state index is 0.0314. The van der Waals surface area contributed by atoms with Crippen LogP contribution in [0.4, 0.5) is 5.95 Å². The first kappa shape index (κ1) is 13.5. The van der Waals surface area contributed by atoms with Crippen LogP contribution in [0.1, 0.15) is 26.7 Å². The highest BCUT2D eigenvalue weighted by Crippen LogP contribution is 2.19. The third-order valence-electron chi connectivity index (χ3n) is 3.25. The van der Waals surface area contributed by atoms with Crippen LogP contribution >= 0.6 is 0 Å². The zero-order chi connectivity index (χ0) is 13.8. The van der Waals surface area contributed by atoms with E-state index in [1.54, 1.807) is 4.90 Å². The number of rotatable bonds is 3. The van der Waals surface area contributed by atoms with Crippen LogP contribution in [0.3, 0.4) is 0 Å². The molecule has 1 atom stereocenters. The summed E-state index contributed by atoms with van der Waals surface area (Å²) in [4.78, 5) is 29.6. The molecule has 7 nitrogen and oxygen atoms in total. The zero-order valence-corrected chi connectivity index (χ0v) is 11.2. The number of H-pyrrole nitrogens is 1. The van der Waals surface area contributed by atoms with Crippen LogP contribution < -0.4 is 5.32 Å². The van der Waals surface area contributed by atoms with E-state index >= 15 is 0 Å². The molecule has 0 radical (unpaired) electrons. The van der Waals surface area contributed by atoms with Crippen molar-refractivity contribution in [1.29, 1.82) is 0 Å². The first-order chi connectivity index (χ1) is 9.08. The Morgan fingerprint density at radius 1 is 1.53 bits per heavy atom. The lowest BCUT2D eigenvalue weighted by Gasteiger charge is -2.33. The number of piperidine rings is 1. The summed E-state index contributed by atoms with van der Waals surface area (Å²) in [6.45, 7) is 4.97. The Morgan fingerprint density at radius 3 is 2.95 bits per heavy atom. The molecule has 0 bridgehead atoms. The van der Waals surface area contributed by atoms with Gasteiger partial charge in [0.2, 0.25) is 17.8 Å². The SMILES string of the molecule is CC(C)C(=O)N1CCCC(C(=O)Nc2ncn[nH]2)C1. The maximum Gasteiger partial charge on any atom is 0.231 e. The Kier molecular flexibility index (Phi) is 4.13. The van der Waals surface area contributed by atoms with Crippen LogP contribution in [0, 0.1) is 11.8 Å². The van der Waals surface area contributed by atoms with Crippen molar-refractivity contribution in [2.45, 2.75) is 26.7 Å². The summed E-state index contributed by atoms with van der Waals surface area (Å²) in [6.07, 6.45) is 2.99. The average Bonchev–Trinajstić information content (AvgIpc) is 2.90. The second kappa shape index (κ2) is 5.81. The van der Waals surface area contributed by atoms with E-state index in [0.717, 1.165) is 19.4 Å². The standard InChI is InChI=1S/C12H19N5O2/c1-8(2)11(19)17-5-3-4-9(6-17)10(18)15-12-13-7-14-16-12/h7-9H,3-6H2,1-2H3,(H2,13,14,15,16,18). The van der Waals surface area contributed by atoms with Gasteiger partial charge in [-0.2, -0.15) is 10.1 Å². The van der Waals surface area contributed by atoms with Gasteiger partial charge >= 0.3 is 0 Å². The van der Waals surface area contributed by atoms with Gasteiger partial charge in [-0.3, -0.25) is 14.9 Å². The van der Waals surface area contributed by atoms with Crippen molar-refractivity contribution >= 4 is 17.8 Å². The molecule has 1 fully saturated rings. The lowest BCUT2D eigenvalue weighted by Crippen LogP contribution is -2.45. The van der Waals surface area contributed by atoms with Crippen molar-refractivity contribution in [3.05, 3.63) is 6.33 Å². The van der Waals surface area contributed by atoms with Gasteiger partial charge in [-0.1, -0.05) is 13.8 Å². The van der Waals surface area contributed by atoms with Crippen LogP contribution in [-0.4, -0.2) is 45.0 Å². The Balaban J connectivity index is 1.93. The summed E-state index contributed by atoms with van der Waals surface area (Å²) in [7, 11) is 0. The fraction of sp³-hybridized carbons (Fsp3) is 0.667. The summed E-state index contributed by atoms with van der Waals surface area (Å²) in [5.41, 5.74) is 0. The van der Waals surface area contributed by atoms with E-state index in [2.05, 4.69) is 20.5 Å². The molecular formula is C12H19N5O2. The molecule has 0 saturated carbocycles. The van der Waals surface area contributed by atoms with E-state index in [-0.39, 0.29) is 23.7 Å². The van der Waals surface area contributed by atoms with Crippen LogP contribution in [-0.2, 0) is 9.59 Å². The van der Waals surface area contributed by atoms with Gasteiger partial charge in [0.15, 0.2) is 0 Å². The molecule has 104 valence electrons. The fourth-order valence-corrected chi connectivity index (χ4v) is 2.24. The number of hydrogen-bond acceptors (Lipinski definition) is 4. The predicted octanol–water partition coefficient (Wildman–Crippen LogP) is 0.638. The maximum atomic E-state index is 12.1. The van der Waals surface area contributed by atoms with Gasteiger partial charge in [0.05, 0.1) is 5.92 Å². The number of carbonyl (C=O) groups excluding carboxylic acids is 2. The van der Waals surface area contributed by atoms with Gasteiger partial charge in [0.1, 0.15) is 6.33 Å². The van der Waals surface area contributed by atoms with Crippen LogP contribution in [0.2, 0.25) is 0 Å². The molecule has 2 amide bonds. The minimum atomic E-state index is -0.179. The molecule has 1 aromatic rings. The largest absolute Gasteiger partial charge is 0.342 e. The van der Waals surface area contributed by atoms with Gasteiger partial charge in [-0.25, -0.2) is 5.10 Å². The van der Waals surface area contributed by atoms with Crippen molar-refractivity contribution in [2.75, 3.05) is 18.4 Å². The number of carbonyl (C=O) groups is 2. The van der Waals surface area contributed by atoms with Crippen LogP contribution in [0.25, 0.3) is 0 Å². The number of hydrogen-bond donors (Lipinski definition) is 2. The van der Waals surface area contributed by atoms with Gasteiger partial charge in [-0.05, 0) is 12.8 Å². The number of aromatic amines is 1. The molecule has 1 saturated heterocycles. The highest BCUT2D eigenvalue weighted by molar-refractivity contribution is 5.91. The fourth-order valence-electron chi connectivity index (χ4n) is 2.24. The van der Waals surface area contributed by atoms with E-state index in [0.29, 0.717) is 12.5 Å². The summed E-state index contributed by atoms with van der Waals surface area (Å²) in [5.74, 6) is 0.130. The number of aromatic nitrogens is 3. The highest BCUT2D eigenvalue weighted by atomic mass is 16.2. The molecule has 1 aliphatic rings. The van der Waals surface area contributed by atoms with Crippen molar-refractivity contribution in [3.63, 3.8) is 0 Å². The highest BCUT2D eigenvalue weighted by Gasteiger charge is 2.29. The van der Waals surface area contributed by atoms with Gasteiger partial charge in [0, 0.05) is 19.0 Å². The third kappa shape index (κ3) is 3.30. The molecule has 1 aliphatic heterocycles. The van der Waals surface area contributed by atoms with Crippen LogP contribution in [0.15, 0.2) is 6.33 Å². The predicted molar refractivity (Wildman–Crippen MR) is 69.2 cm³/mol. The van der Waals surface area contributed by atoms with E-state index in [4.69, 9.17) is 0 Å². The van der Waals surface area contributed by atoms with Gasteiger partial charge < -0.3 is 4.90 Å². The molecule has 1 aromatic heterocycles. The van der Waals surface area contributed by atoms with Crippen molar-refractivity contribution < 1.29 is 9.59 Å². The summed E-state index contributed by atoms with van der Waals surface area (Å²) < 4.78 is 0.